The molecule has 28 heavy (non-hydrogen) atoms. The van der Waals surface area contributed by atoms with E-state index in [9.17, 15) is 22.8 Å². The van der Waals surface area contributed by atoms with Gasteiger partial charge in [0, 0.05) is 17.7 Å². The van der Waals surface area contributed by atoms with Crippen LogP contribution in [0.3, 0.4) is 0 Å². The molecule has 2 aromatic carbocycles. The number of hydrogen-bond donors (Lipinski definition) is 0. The first kappa shape index (κ1) is 20.7. The van der Waals surface area contributed by atoms with Crippen LogP contribution in [0.4, 0.5) is 13.2 Å². The zero-order valence-electron chi connectivity index (χ0n) is 14.6. The Balaban J connectivity index is 2.57. The molecule has 0 aromatic heterocycles. The molecule has 0 bridgehead atoms. The number of rotatable bonds is 7. The third-order valence-corrected chi connectivity index (χ3v) is 3.61. The smallest absolute Gasteiger partial charge is 0.335 e. The molecule has 0 aliphatic carbocycles. The molecule has 2 rings (SSSR count). The lowest BCUT2D eigenvalue weighted by Crippen LogP contribution is -2.08. The van der Waals surface area contributed by atoms with Crippen LogP contribution in [0, 0.1) is 17.5 Å². The predicted molar refractivity (Wildman–Crippen MR) is 97.3 cm³/mol. The zero-order valence-corrected chi connectivity index (χ0v) is 14.6. The second kappa shape index (κ2) is 8.85. The van der Waals surface area contributed by atoms with Crippen molar-refractivity contribution in [3.8, 4) is 22.6 Å². The van der Waals surface area contributed by atoms with E-state index in [0.29, 0.717) is 0 Å². The molecule has 0 N–H and O–H groups in total. The van der Waals surface area contributed by atoms with Crippen LogP contribution in [0.1, 0.15) is 5.56 Å². The molecule has 2 aromatic rings. The van der Waals surface area contributed by atoms with Crippen molar-refractivity contribution >= 4 is 11.9 Å². The number of hydrogen-bond acceptors (Lipinski definition) is 4. The molecule has 7 heteroatoms. The summed E-state index contributed by atoms with van der Waals surface area (Å²) in [5.41, 5.74) is 0.153. The third kappa shape index (κ3) is 4.37. The van der Waals surface area contributed by atoms with E-state index >= 15 is 0 Å². The Morgan fingerprint density at radius 1 is 0.929 bits per heavy atom. The van der Waals surface area contributed by atoms with Crippen molar-refractivity contribution in [2.75, 3.05) is 0 Å². The van der Waals surface area contributed by atoms with Crippen LogP contribution in [0.5, 0.6) is 11.5 Å². The molecule has 0 amide bonds. The first-order valence-corrected chi connectivity index (χ1v) is 7.92. The molecule has 144 valence electrons. The molecule has 0 spiro atoms. The van der Waals surface area contributed by atoms with Crippen molar-refractivity contribution in [3.63, 3.8) is 0 Å². The van der Waals surface area contributed by atoms with E-state index < -0.39 is 35.1 Å². The van der Waals surface area contributed by atoms with Crippen molar-refractivity contribution in [2.24, 2.45) is 0 Å². The number of ether oxygens (including phenoxy) is 2. The van der Waals surface area contributed by atoms with Crippen molar-refractivity contribution in [1.82, 2.24) is 0 Å². The van der Waals surface area contributed by atoms with E-state index in [-0.39, 0.29) is 28.9 Å². The van der Waals surface area contributed by atoms with Gasteiger partial charge in [0.05, 0.1) is 0 Å². The van der Waals surface area contributed by atoms with Gasteiger partial charge in [0.2, 0.25) is 5.75 Å². The lowest BCUT2D eigenvalue weighted by atomic mass is 9.96. The Kier molecular flexibility index (Phi) is 6.55. The lowest BCUT2D eigenvalue weighted by molar-refractivity contribution is -0.130. The molecule has 4 nitrogen and oxygen atoms in total. The summed E-state index contributed by atoms with van der Waals surface area (Å²) in [7, 11) is 0. The quantitative estimate of drug-likeness (QED) is 0.299. The average molecular weight is 388 g/mol. The minimum atomic E-state index is -1.16. The van der Waals surface area contributed by atoms with Gasteiger partial charge in [-0.15, -0.1) is 6.58 Å². The molecule has 0 saturated heterocycles. The van der Waals surface area contributed by atoms with Crippen LogP contribution in [0.15, 0.2) is 62.2 Å². The van der Waals surface area contributed by atoms with Gasteiger partial charge in [-0.1, -0.05) is 25.3 Å². The minimum absolute atomic E-state index is 0.00289. The van der Waals surface area contributed by atoms with Gasteiger partial charge in [-0.25, -0.2) is 22.8 Å². The number of esters is 2. The van der Waals surface area contributed by atoms with Crippen molar-refractivity contribution in [1.29, 1.82) is 0 Å². The number of carbonyl (C=O) groups is 2. The standard InChI is InChI=1S/C21H15F3O4/c1-4-7-14-13(8-9-17(20(14)24)27-18(25)5-2)12-10-15(22)21(16(23)11-12)28-19(26)6-3/h4-6,8-11H,1-3,7H2. The zero-order chi connectivity index (χ0) is 20.8. The second-order valence-corrected chi connectivity index (χ2v) is 5.42. The van der Waals surface area contributed by atoms with Gasteiger partial charge >= 0.3 is 11.9 Å². The van der Waals surface area contributed by atoms with E-state index in [1.807, 2.05) is 0 Å². The Hall–Kier alpha value is -3.61. The van der Waals surface area contributed by atoms with E-state index in [0.717, 1.165) is 30.4 Å². The average Bonchev–Trinajstić information content (AvgIpc) is 2.67. The highest BCUT2D eigenvalue weighted by atomic mass is 19.1. The highest BCUT2D eigenvalue weighted by molar-refractivity contribution is 5.84. The van der Waals surface area contributed by atoms with Crippen molar-refractivity contribution < 1.29 is 32.2 Å². The van der Waals surface area contributed by atoms with E-state index in [1.165, 1.54) is 12.1 Å². The van der Waals surface area contributed by atoms with Crippen LogP contribution in [0.25, 0.3) is 11.1 Å². The summed E-state index contributed by atoms with van der Waals surface area (Å²) >= 11 is 0. The van der Waals surface area contributed by atoms with Gasteiger partial charge in [0.25, 0.3) is 0 Å². The molecular formula is C21H15F3O4. The maximum atomic E-state index is 14.8. The number of benzene rings is 2. The molecule has 0 radical (unpaired) electrons. The molecular weight excluding hydrogens is 373 g/mol. The van der Waals surface area contributed by atoms with Crippen LogP contribution in [0.2, 0.25) is 0 Å². The van der Waals surface area contributed by atoms with Gasteiger partial charge < -0.3 is 9.47 Å². The normalized spacial score (nSPS) is 10.1. The van der Waals surface area contributed by atoms with Crippen molar-refractivity contribution in [3.05, 3.63) is 85.2 Å². The summed E-state index contributed by atoms with van der Waals surface area (Å²) < 4.78 is 52.6. The highest BCUT2D eigenvalue weighted by Gasteiger charge is 2.20. The molecule has 0 atom stereocenters. The van der Waals surface area contributed by atoms with Crippen LogP contribution < -0.4 is 9.47 Å². The van der Waals surface area contributed by atoms with E-state index in [2.05, 4.69) is 24.5 Å². The fourth-order valence-electron chi connectivity index (χ4n) is 2.40. The van der Waals surface area contributed by atoms with Gasteiger partial charge in [-0.05, 0) is 35.7 Å². The summed E-state index contributed by atoms with van der Waals surface area (Å²) in [6.07, 6.45) is 3.01. The fraction of sp³-hybridized carbons (Fsp3) is 0.0476. The van der Waals surface area contributed by atoms with Gasteiger partial charge in [-0.3, -0.25) is 0 Å². The van der Waals surface area contributed by atoms with Crippen LogP contribution in [-0.2, 0) is 16.0 Å². The van der Waals surface area contributed by atoms with Gasteiger partial charge in [0.15, 0.2) is 23.2 Å². The summed E-state index contributed by atoms with van der Waals surface area (Å²) in [6, 6.07) is 4.29. The monoisotopic (exact) mass is 388 g/mol. The lowest BCUT2D eigenvalue weighted by Gasteiger charge is -2.14. The van der Waals surface area contributed by atoms with Crippen molar-refractivity contribution in [2.45, 2.75) is 6.42 Å². The Labute approximate surface area is 159 Å². The van der Waals surface area contributed by atoms with Gasteiger partial charge in [0.1, 0.15) is 0 Å². The van der Waals surface area contributed by atoms with Crippen LogP contribution >= 0.6 is 0 Å². The Bertz CT molecular complexity index is 957. The third-order valence-electron chi connectivity index (χ3n) is 3.61. The molecule has 0 aliphatic rings. The summed E-state index contributed by atoms with van der Waals surface area (Å²) in [5, 5.41) is 0. The topological polar surface area (TPSA) is 52.6 Å². The molecule has 0 fully saturated rings. The Morgan fingerprint density at radius 3 is 2.04 bits per heavy atom. The van der Waals surface area contributed by atoms with E-state index in [1.54, 1.807) is 0 Å². The largest absolute Gasteiger partial charge is 0.420 e. The van der Waals surface area contributed by atoms with Crippen LogP contribution in [-0.4, -0.2) is 11.9 Å². The fourth-order valence-corrected chi connectivity index (χ4v) is 2.40. The molecule has 0 aliphatic heterocycles. The highest BCUT2D eigenvalue weighted by Crippen LogP contribution is 2.35. The maximum absolute atomic E-state index is 14.8. The molecule has 0 heterocycles. The Morgan fingerprint density at radius 2 is 1.50 bits per heavy atom. The maximum Gasteiger partial charge on any atom is 0.335 e. The first-order valence-electron chi connectivity index (χ1n) is 7.92. The number of allylic oxidation sites excluding steroid dienone is 1. The SMILES string of the molecule is C=CCc1c(-c2cc(F)c(OC(=O)C=C)c(F)c2)ccc(OC(=O)C=C)c1F. The first-order chi connectivity index (χ1) is 13.3. The van der Waals surface area contributed by atoms with E-state index in [4.69, 9.17) is 4.74 Å². The molecule has 0 unspecified atom stereocenters. The number of halogens is 3. The minimum Gasteiger partial charge on any atom is -0.420 e. The number of carbonyl (C=O) groups excluding carboxylic acids is 2. The second-order valence-electron chi connectivity index (χ2n) is 5.42. The summed E-state index contributed by atoms with van der Waals surface area (Å²) in [5.74, 6) is -6.33. The summed E-state index contributed by atoms with van der Waals surface area (Å²) in [4.78, 5) is 22.5. The van der Waals surface area contributed by atoms with Gasteiger partial charge in [-0.2, -0.15) is 0 Å². The predicted octanol–water partition coefficient (Wildman–Crippen LogP) is 4.68. The summed E-state index contributed by atoms with van der Waals surface area (Å²) in [6.45, 7) is 9.90. The molecule has 0 saturated carbocycles.